The lowest BCUT2D eigenvalue weighted by Crippen LogP contribution is -2.30. The lowest BCUT2D eigenvalue weighted by molar-refractivity contribution is -0.137. The van der Waals surface area contributed by atoms with Crippen LogP contribution < -0.4 is 10.1 Å². The van der Waals surface area contributed by atoms with E-state index >= 15 is 0 Å². The Kier molecular flexibility index (Phi) is 5.62. The second-order valence-corrected chi connectivity index (χ2v) is 9.00. The molecule has 9 nitrogen and oxygen atoms in total. The Bertz CT molecular complexity index is 1330. The molecule has 3 aromatic heterocycles. The molecule has 1 N–H and O–H groups in total. The second-order valence-electron chi connectivity index (χ2n) is 8.56. The van der Waals surface area contributed by atoms with E-state index in [-0.39, 0.29) is 12.1 Å². The number of hydrogen-bond acceptors (Lipinski definition) is 7. The third kappa shape index (κ3) is 4.78. The molecule has 182 valence electrons. The van der Waals surface area contributed by atoms with Gasteiger partial charge < -0.3 is 10.1 Å². The number of nitrogens with one attached hydrogen (secondary N) is 1. The van der Waals surface area contributed by atoms with Gasteiger partial charge in [0.05, 0.1) is 24.1 Å². The molecule has 0 amide bonds. The monoisotopic (exact) mass is 504 g/mol. The summed E-state index contributed by atoms with van der Waals surface area (Å²) in [7, 11) is 0. The predicted molar refractivity (Wildman–Crippen MR) is 121 cm³/mol. The Balaban J connectivity index is 1.52. The summed E-state index contributed by atoms with van der Waals surface area (Å²) in [6.07, 6.45) is 0.854. The first kappa shape index (κ1) is 23.1. The van der Waals surface area contributed by atoms with Crippen LogP contribution in [-0.2, 0) is 11.7 Å². The summed E-state index contributed by atoms with van der Waals surface area (Å²) in [5, 5.41) is 16.4. The first-order valence-electron chi connectivity index (χ1n) is 10.7. The van der Waals surface area contributed by atoms with E-state index in [1.165, 1.54) is 4.80 Å². The summed E-state index contributed by atoms with van der Waals surface area (Å²) in [6, 6.07) is 7.82. The fourth-order valence-corrected chi connectivity index (χ4v) is 3.56. The van der Waals surface area contributed by atoms with Crippen LogP contribution in [0.25, 0.3) is 0 Å². The second kappa shape index (κ2) is 8.52. The predicted octanol–water partition coefficient (Wildman–Crippen LogP) is 5.59. The lowest BCUT2D eigenvalue weighted by atomic mass is 10.0. The van der Waals surface area contributed by atoms with Gasteiger partial charge in [-0.15, -0.1) is 0 Å². The molecular formula is C22H20ClF3N8O. The van der Waals surface area contributed by atoms with Crippen LogP contribution >= 0.6 is 11.6 Å². The number of hydrogen-bond donors (Lipinski definition) is 1. The van der Waals surface area contributed by atoms with Gasteiger partial charge >= 0.3 is 12.2 Å². The van der Waals surface area contributed by atoms with E-state index in [1.54, 1.807) is 47.4 Å². The number of alkyl halides is 3. The largest absolute Gasteiger partial charge is 0.424 e. The van der Waals surface area contributed by atoms with E-state index in [2.05, 4.69) is 30.6 Å². The highest BCUT2D eigenvalue weighted by molar-refractivity contribution is 6.30. The molecule has 0 bridgehead atoms. The topological polar surface area (TPSA) is 95.6 Å². The van der Waals surface area contributed by atoms with Crippen molar-refractivity contribution in [2.75, 3.05) is 5.32 Å². The minimum absolute atomic E-state index is 0.0774. The standard InChI is InChI=1S/C22H20ClF3N8O/c1-21(2,34-28-9-10-29-34)17-11-18(33(32-17)14-5-6-14)30-19-16(22(24,25)26)12-27-20(31-19)35-15-7-3-13(23)4-8-15/h3-4,7-12,14H,5-6H2,1-2H3,(H,27,30,31). The van der Waals surface area contributed by atoms with Crippen molar-refractivity contribution in [2.24, 2.45) is 0 Å². The van der Waals surface area contributed by atoms with E-state index in [4.69, 9.17) is 16.3 Å². The number of rotatable bonds is 7. The maximum atomic E-state index is 13.8. The molecule has 0 aliphatic heterocycles. The summed E-state index contributed by atoms with van der Waals surface area (Å²) in [5.74, 6) is 0.253. The number of ether oxygens (including phenoxy) is 1. The molecule has 0 saturated heterocycles. The SMILES string of the molecule is CC(C)(c1cc(Nc2nc(Oc3ccc(Cl)cc3)ncc2C(F)(F)F)n(C2CC2)n1)n1nccn1. The van der Waals surface area contributed by atoms with Crippen molar-refractivity contribution >= 4 is 23.2 Å². The molecule has 0 atom stereocenters. The highest BCUT2D eigenvalue weighted by atomic mass is 35.5. The number of nitrogens with zero attached hydrogens (tertiary/aromatic N) is 7. The van der Waals surface area contributed by atoms with Crippen LogP contribution in [0, 0.1) is 0 Å². The van der Waals surface area contributed by atoms with Crippen molar-refractivity contribution in [2.45, 2.75) is 44.4 Å². The Morgan fingerprint density at radius 3 is 2.40 bits per heavy atom. The molecule has 0 unspecified atom stereocenters. The van der Waals surface area contributed by atoms with Gasteiger partial charge in [-0.05, 0) is 51.0 Å². The van der Waals surface area contributed by atoms with Gasteiger partial charge in [-0.3, -0.25) is 0 Å². The summed E-state index contributed by atoms with van der Waals surface area (Å²) in [4.78, 5) is 9.27. The van der Waals surface area contributed by atoms with E-state index < -0.39 is 23.1 Å². The molecular weight excluding hydrogens is 485 g/mol. The average molecular weight is 505 g/mol. The van der Waals surface area contributed by atoms with Crippen LogP contribution in [0.4, 0.5) is 24.8 Å². The molecule has 1 aromatic carbocycles. The third-order valence-corrected chi connectivity index (χ3v) is 5.77. The van der Waals surface area contributed by atoms with Gasteiger partial charge in [0.15, 0.2) is 5.82 Å². The number of halogens is 4. The quantitative estimate of drug-likeness (QED) is 0.350. The Morgan fingerprint density at radius 1 is 1.09 bits per heavy atom. The number of benzene rings is 1. The summed E-state index contributed by atoms with van der Waals surface area (Å²) >= 11 is 5.87. The molecule has 0 spiro atoms. The summed E-state index contributed by atoms with van der Waals surface area (Å²) < 4.78 is 48.6. The Morgan fingerprint density at radius 2 is 1.77 bits per heavy atom. The van der Waals surface area contributed by atoms with E-state index in [0.29, 0.717) is 28.5 Å². The van der Waals surface area contributed by atoms with Gasteiger partial charge in [0, 0.05) is 17.3 Å². The molecule has 1 fully saturated rings. The average Bonchev–Trinajstić information content (AvgIpc) is 3.30. The first-order valence-corrected chi connectivity index (χ1v) is 11.1. The molecule has 1 aliphatic rings. The van der Waals surface area contributed by atoms with Crippen molar-refractivity contribution in [3.63, 3.8) is 0 Å². The van der Waals surface area contributed by atoms with Gasteiger partial charge in [0.1, 0.15) is 22.7 Å². The van der Waals surface area contributed by atoms with Crippen LogP contribution in [0.2, 0.25) is 5.02 Å². The van der Waals surface area contributed by atoms with Crippen molar-refractivity contribution < 1.29 is 17.9 Å². The molecule has 5 rings (SSSR count). The lowest BCUT2D eigenvalue weighted by Gasteiger charge is -2.20. The molecule has 1 saturated carbocycles. The van der Waals surface area contributed by atoms with Gasteiger partial charge in [-0.1, -0.05) is 11.6 Å². The van der Waals surface area contributed by atoms with Crippen molar-refractivity contribution in [3.05, 3.63) is 65.2 Å². The van der Waals surface area contributed by atoms with Gasteiger partial charge in [0.2, 0.25) is 0 Å². The normalized spacial score (nSPS) is 14.2. The number of aromatic nitrogens is 7. The van der Waals surface area contributed by atoms with Crippen molar-refractivity contribution in [1.82, 2.24) is 34.7 Å². The maximum Gasteiger partial charge on any atom is 0.421 e. The maximum absolute atomic E-state index is 13.8. The highest BCUT2D eigenvalue weighted by Gasteiger charge is 2.37. The Hall–Kier alpha value is -3.67. The summed E-state index contributed by atoms with van der Waals surface area (Å²) in [5.41, 5.74) is -1.18. The third-order valence-electron chi connectivity index (χ3n) is 5.52. The minimum Gasteiger partial charge on any atom is -0.424 e. The van der Waals surface area contributed by atoms with Crippen LogP contribution in [0.1, 0.15) is 44.0 Å². The van der Waals surface area contributed by atoms with Crippen LogP contribution in [-0.4, -0.2) is 34.7 Å². The zero-order chi connectivity index (χ0) is 24.8. The number of anilines is 2. The molecule has 1 aliphatic carbocycles. The molecule has 3 heterocycles. The fourth-order valence-electron chi connectivity index (χ4n) is 3.44. The van der Waals surface area contributed by atoms with Gasteiger partial charge in [-0.25, -0.2) is 9.67 Å². The minimum atomic E-state index is -4.69. The molecule has 4 aromatic rings. The highest BCUT2D eigenvalue weighted by Crippen LogP contribution is 2.41. The van der Waals surface area contributed by atoms with Gasteiger partial charge in [-0.2, -0.15) is 38.2 Å². The Labute approximate surface area is 202 Å². The fraction of sp³-hybridized carbons (Fsp3) is 0.318. The van der Waals surface area contributed by atoms with Crippen LogP contribution in [0.3, 0.4) is 0 Å². The molecule has 0 radical (unpaired) electrons. The van der Waals surface area contributed by atoms with E-state index in [9.17, 15) is 13.2 Å². The van der Waals surface area contributed by atoms with Crippen LogP contribution in [0.15, 0.2) is 48.9 Å². The van der Waals surface area contributed by atoms with Crippen LogP contribution in [0.5, 0.6) is 11.8 Å². The zero-order valence-corrected chi connectivity index (χ0v) is 19.4. The molecule has 35 heavy (non-hydrogen) atoms. The molecule has 13 heteroatoms. The van der Waals surface area contributed by atoms with Crippen molar-refractivity contribution in [3.8, 4) is 11.8 Å². The van der Waals surface area contributed by atoms with E-state index in [1.807, 2.05) is 13.8 Å². The summed E-state index contributed by atoms with van der Waals surface area (Å²) in [6.45, 7) is 3.75. The van der Waals surface area contributed by atoms with E-state index in [0.717, 1.165) is 12.8 Å². The van der Waals surface area contributed by atoms with Gasteiger partial charge in [0.25, 0.3) is 0 Å². The van der Waals surface area contributed by atoms with Crippen molar-refractivity contribution in [1.29, 1.82) is 0 Å². The zero-order valence-electron chi connectivity index (χ0n) is 18.7. The smallest absolute Gasteiger partial charge is 0.421 e. The first-order chi connectivity index (χ1) is 16.6.